The lowest BCUT2D eigenvalue weighted by Crippen LogP contribution is -2.02. The summed E-state index contributed by atoms with van der Waals surface area (Å²) in [5.74, 6) is 1.59. The topological polar surface area (TPSA) is 17.8 Å². The quantitative estimate of drug-likeness (QED) is 0.463. The Balaban J connectivity index is 2.27. The molecule has 0 saturated heterocycles. The van der Waals surface area contributed by atoms with Crippen molar-refractivity contribution < 1.29 is 0 Å². The summed E-state index contributed by atoms with van der Waals surface area (Å²) in [4.78, 5) is 4.72. The van der Waals surface area contributed by atoms with Crippen LogP contribution in [0.4, 0.5) is 0 Å². The molecule has 0 spiro atoms. The van der Waals surface area contributed by atoms with Crippen LogP contribution in [0.3, 0.4) is 0 Å². The molecule has 0 amide bonds. The molecule has 3 aromatic rings. The summed E-state index contributed by atoms with van der Waals surface area (Å²) in [7, 11) is 0. The first-order valence-electron chi connectivity index (χ1n) is 6.49. The van der Waals surface area contributed by atoms with E-state index in [9.17, 15) is 0 Å². The zero-order valence-corrected chi connectivity index (χ0v) is 14.0. The number of hydrogen-bond donors (Lipinski definition) is 0. The Kier molecular flexibility index (Phi) is 3.98. The van der Waals surface area contributed by atoms with Crippen molar-refractivity contribution in [3.63, 3.8) is 0 Å². The number of fused-ring (bicyclic) bond motifs is 1. The van der Waals surface area contributed by atoms with E-state index in [-0.39, 0.29) is 0 Å². The molecular weight excluding hydrogens is 383 g/mol. The van der Waals surface area contributed by atoms with Crippen molar-refractivity contribution in [2.75, 3.05) is 5.88 Å². The molecule has 0 bridgehead atoms. The number of alkyl halides is 1. The van der Waals surface area contributed by atoms with Crippen molar-refractivity contribution in [1.82, 2.24) is 9.55 Å². The molecule has 0 N–H and O–H groups in total. The fourth-order valence-electron chi connectivity index (χ4n) is 2.37. The monoisotopic (exact) mass is 396 g/mol. The van der Waals surface area contributed by atoms with Crippen molar-refractivity contribution in [3.05, 3.63) is 57.4 Å². The maximum Gasteiger partial charge on any atom is 0.115 e. The third kappa shape index (κ3) is 2.56. The molecule has 0 aliphatic rings. The second kappa shape index (κ2) is 5.74. The van der Waals surface area contributed by atoms with Crippen molar-refractivity contribution in [1.29, 1.82) is 0 Å². The first-order valence-corrected chi connectivity index (χ1v) is 8.10. The Morgan fingerprint density at radius 3 is 2.60 bits per heavy atom. The summed E-state index contributed by atoms with van der Waals surface area (Å²) in [6, 6.07) is 14.8. The lowest BCUT2D eigenvalue weighted by molar-refractivity contribution is 0.912. The van der Waals surface area contributed by atoms with E-state index in [1.54, 1.807) is 0 Å². The molecule has 1 heterocycles. The molecule has 2 aromatic carbocycles. The minimum Gasteiger partial charge on any atom is -0.296 e. The molecule has 3 rings (SSSR count). The average molecular weight is 397 g/mol. The van der Waals surface area contributed by atoms with E-state index >= 15 is 0 Å². The smallest absolute Gasteiger partial charge is 0.115 e. The summed E-state index contributed by atoms with van der Waals surface area (Å²) in [6.45, 7) is 2.10. The lowest BCUT2D eigenvalue weighted by Gasteiger charge is -2.09. The predicted molar refractivity (Wildman–Crippen MR) is 92.9 cm³/mol. The molecule has 0 fully saturated rings. The first-order chi connectivity index (χ1) is 9.69. The number of benzene rings is 2. The maximum atomic E-state index is 5.93. The number of halogens is 2. The fourth-order valence-corrected chi connectivity index (χ4v) is 2.89. The van der Waals surface area contributed by atoms with E-state index in [1.165, 1.54) is 9.13 Å². The van der Waals surface area contributed by atoms with Gasteiger partial charge in [0.15, 0.2) is 0 Å². The van der Waals surface area contributed by atoms with E-state index in [0.717, 1.165) is 29.0 Å². The van der Waals surface area contributed by atoms with E-state index in [4.69, 9.17) is 16.6 Å². The lowest BCUT2D eigenvalue weighted by atomic mass is 10.2. The Morgan fingerprint density at radius 1 is 1.15 bits per heavy atom. The van der Waals surface area contributed by atoms with Gasteiger partial charge < -0.3 is 0 Å². The molecule has 1 aromatic heterocycles. The van der Waals surface area contributed by atoms with E-state index in [1.807, 2.05) is 0 Å². The van der Waals surface area contributed by atoms with Crippen LogP contribution < -0.4 is 0 Å². The molecule has 0 saturated carbocycles. The van der Waals surface area contributed by atoms with E-state index in [0.29, 0.717) is 5.88 Å². The summed E-state index contributed by atoms with van der Waals surface area (Å²) < 4.78 is 3.44. The van der Waals surface area contributed by atoms with Crippen LogP contribution in [-0.4, -0.2) is 15.4 Å². The minimum atomic E-state index is 0.576. The second-order valence-electron chi connectivity index (χ2n) is 4.77. The van der Waals surface area contributed by atoms with Gasteiger partial charge in [-0.15, -0.1) is 11.6 Å². The maximum absolute atomic E-state index is 5.93. The first kappa shape index (κ1) is 13.9. The van der Waals surface area contributed by atoms with Gasteiger partial charge in [0.2, 0.25) is 0 Å². The molecule has 0 aliphatic heterocycles. The van der Waals surface area contributed by atoms with Gasteiger partial charge in [0.25, 0.3) is 0 Å². The molecule has 0 radical (unpaired) electrons. The van der Waals surface area contributed by atoms with Crippen LogP contribution >= 0.6 is 34.2 Å². The molecular formula is C16H14ClIN2. The van der Waals surface area contributed by atoms with E-state index < -0.39 is 0 Å². The third-order valence-electron chi connectivity index (χ3n) is 3.28. The minimum absolute atomic E-state index is 0.576. The Labute approximate surface area is 136 Å². The van der Waals surface area contributed by atoms with Crippen molar-refractivity contribution in [2.24, 2.45) is 0 Å². The number of rotatable bonds is 3. The van der Waals surface area contributed by atoms with Crippen LogP contribution in [0.15, 0.2) is 42.5 Å². The molecule has 20 heavy (non-hydrogen) atoms. The average Bonchev–Trinajstić information content (AvgIpc) is 2.78. The van der Waals surface area contributed by atoms with Crippen molar-refractivity contribution in [3.8, 4) is 5.69 Å². The van der Waals surface area contributed by atoms with Gasteiger partial charge in [-0.1, -0.05) is 6.07 Å². The van der Waals surface area contributed by atoms with Crippen LogP contribution in [0.5, 0.6) is 0 Å². The Bertz CT molecular complexity index is 747. The zero-order chi connectivity index (χ0) is 14.1. The van der Waals surface area contributed by atoms with Crippen LogP contribution in [0.1, 0.15) is 11.4 Å². The molecule has 102 valence electrons. The highest BCUT2D eigenvalue weighted by atomic mass is 127. The second-order valence-corrected chi connectivity index (χ2v) is 6.39. The van der Waals surface area contributed by atoms with Gasteiger partial charge in [-0.05, 0) is 71.5 Å². The molecule has 0 aliphatic carbocycles. The van der Waals surface area contributed by atoms with Crippen molar-refractivity contribution in [2.45, 2.75) is 13.3 Å². The van der Waals surface area contributed by atoms with Gasteiger partial charge >= 0.3 is 0 Å². The van der Waals surface area contributed by atoms with Gasteiger partial charge in [-0.3, -0.25) is 4.57 Å². The number of aryl methyl sites for hydroxylation is 2. The normalized spacial score (nSPS) is 11.2. The van der Waals surface area contributed by atoms with E-state index in [2.05, 4.69) is 76.5 Å². The number of nitrogens with zero attached hydrogens (tertiary/aromatic N) is 2. The van der Waals surface area contributed by atoms with Gasteiger partial charge in [0, 0.05) is 21.6 Å². The zero-order valence-electron chi connectivity index (χ0n) is 11.1. The van der Waals surface area contributed by atoms with Crippen LogP contribution in [0, 0.1) is 10.5 Å². The fraction of sp³-hybridized carbons (Fsp3) is 0.188. The summed E-state index contributed by atoms with van der Waals surface area (Å²) in [5.41, 5.74) is 4.54. The molecule has 2 nitrogen and oxygen atoms in total. The van der Waals surface area contributed by atoms with Crippen LogP contribution in [0.2, 0.25) is 0 Å². The number of hydrogen-bond acceptors (Lipinski definition) is 1. The third-order valence-corrected chi connectivity index (χ3v) is 4.19. The molecule has 4 heteroatoms. The highest BCUT2D eigenvalue weighted by molar-refractivity contribution is 14.1. The van der Waals surface area contributed by atoms with Crippen LogP contribution in [0.25, 0.3) is 16.7 Å². The van der Waals surface area contributed by atoms with Crippen LogP contribution in [-0.2, 0) is 6.42 Å². The largest absolute Gasteiger partial charge is 0.296 e. The Hall–Kier alpha value is -1.07. The summed E-state index contributed by atoms with van der Waals surface area (Å²) >= 11 is 8.24. The summed E-state index contributed by atoms with van der Waals surface area (Å²) in [6.07, 6.45) is 0.765. The van der Waals surface area contributed by atoms with Gasteiger partial charge in [0.1, 0.15) is 5.82 Å². The summed E-state index contributed by atoms with van der Waals surface area (Å²) in [5, 5.41) is 0. The van der Waals surface area contributed by atoms with Gasteiger partial charge in [-0.25, -0.2) is 4.98 Å². The number of imidazole rings is 1. The molecule has 0 atom stereocenters. The Morgan fingerprint density at radius 2 is 1.90 bits per heavy atom. The predicted octanol–water partition coefficient (Wildman–Crippen LogP) is 4.72. The SMILES string of the molecule is Cc1ccc2nc(CCCl)n(-c3ccc(I)cc3)c2c1. The molecule has 0 unspecified atom stereocenters. The standard InChI is InChI=1S/C16H14ClIN2/c1-11-2-7-14-15(10-11)20(16(19-14)8-9-17)13-5-3-12(18)4-6-13/h2-7,10H,8-9H2,1H3. The highest BCUT2D eigenvalue weighted by Gasteiger charge is 2.12. The number of aromatic nitrogens is 2. The van der Waals surface area contributed by atoms with Gasteiger partial charge in [0.05, 0.1) is 11.0 Å². The van der Waals surface area contributed by atoms with Crippen molar-refractivity contribution >= 4 is 45.2 Å². The highest BCUT2D eigenvalue weighted by Crippen LogP contribution is 2.23. The van der Waals surface area contributed by atoms with Gasteiger partial charge in [-0.2, -0.15) is 0 Å².